The first-order valence-corrected chi connectivity index (χ1v) is 6.02. The predicted octanol–water partition coefficient (Wildman–Crippen LogP) is 2.63. The number of aromatic nitrogens is 1. The predicted molar refractivity (Wildman–Crippen MR) is 66.7 cm³/mol. The highest BCUT2D eigenvalue weighted by Gasteiger charge is 2.06. The Morgan fingerprint density at radius 1 is 1.44 bits per heavy atom. The summed E-state index contributed by atoms with van der Waals surface area (Å²) in [5.41, 5.74) is 0. The second-order valence-corrected chi connectivity index (χ2v) is 4.22. The molecular weight excluding hydrogens is 200 g/mol. The zero-order valence-corrected chi connectivity index (χ0v) is 10.4. The lowest BCUT2D eigenvalue weighted by Gasteiger charge is -2.18. The van der Waals surface area contributed by atoms with E-state index in [1.807, 2.05) is 12.1 Å². The fourth-order valence-corrected chi connectivity index (χ4v) is 1.59. The Kier molecular flexibility index (Phi) is 5.86. The molecule has 0 aliphatic rings. The second kappa shape index (κ2) is 7.23. The van der Waals surface area contributed by atoms with E-state index in [4.69, 9.17) is 4.74 Å². The summed E-state index contributed by atoms with van der Waals surface area (Å²) < 4.78 is 5.72. The Bertz CT molecular complexity index is 277. The van der Waals surface area contributed by atoms with E-state index in [1.54, 1.807) is 12.4 Å². The fourth-order valence-electron chi connectivity index (χ4n) is 1.59. The van der Waals surface area contributed by atoms with Gasteiger partial charge in [0.15, 0.2) is 0 Å². The van der Waals surface area contributed by atoms with E-state index in [0.29, 0.717) is 6.04 Å². The number of pyridine rings is 1. The molecule has 2 unspecified atom stereocenters. The van der Waals surface area contributed by atoms with Gasteiger partial charge in [-0.05, 0) is 32.4 Å². The van der Waals surface area contributed by atoms with E-state index in [0.717, 1.165) is 12.3 Å². The number of nitrogens with one attached hydrogen (secondary N) is 1. The van der Waals surface area contributed by atoms with Crippen molar-refractivity contribution in [2.24, 2.45) is 0 Å². The smallest absolute Gasteiger partial charge is 0.138 e. The SMILES string of the molecule is CCCC(C)NCC(C)Oc1cccnc1. The molecule has 1 rings (SSSR count). The first kappa shape index (κ1) is 13.0. The van der Waals surface area contributed by atoms with Crippen LogP contribution in [0.15, 0.2) is 24.5 Å². The van der Waals surface area contributed by atoms with Gasteiger partial charge in [0.25, 0.3) is 0 Å². The summed E-state index contributed by atoms with van der Waals surface area (Å²) in [5, 5.41) is 3.46. The quantitative estimate of drug-likeness (QED) is 0.770. The minimum Gasteiger partial charge on any atom is -0.488 e. The van der Waals surface area contributed by atoms with Gasteiger partial charge in [-0.3, -0.25) is 4.98 Å². The maximum atomic E-state index is 5.72. The highest BCUT2D eigenvalue weighted by Crippen LogP contribution is 2.08. The normalized spacial score (nSPS) is 14.4. The Morgan fingerprint density at radius 3 is 2.88 bits per heavy atom. The molecule has 0 saturated carbocycles. The Balaban J connectivity index is 2.23. The van der Waals surface area contributed by atoms with Crippen LogP contribution in [0.25, 0.3) is 0 Å². The summed E-state index contributed by atoms with van der Waals surface area (Å²) in [7, 11) is 0. The number of hydrogen-bond acceptors (Lipinski definition) is 3. The Labute approximate surface area is 98.2 Å². The summed E-state index contributed by atoms with van der Waals surface area (Å²) in [6.07, 6.45) is 6.08. The van der Waals surface area contributed by atoms with E-state index in [-0.39, 0.29) is 6.10 Å². The summed E-state index contributed by atoms with van der Waals surface area (Å²) in [4.78, 5) is 4.02. The number of hydrogen-bond donors (Lipinski definition) is 1. The molecule has 1 N–H and O–H groups in total. The molecule has 1 aromatic rings. The molecule has 0 saturated heterocycles. The largest absolute Gasteiger partial charge is 0.488 e. The summed E-state index contributed by atoms with van der Waals surface area (Å²) >= 11 is 0. The van der Waals surface area contributed by atoms with Crippen LogP contribution in [0.4, 0.5) is 0 Å². The van der Waals surface area contributed by atoms with Crippen LogP contribution in [0.5, 0.6) is 5.75 Å². The molecule has 0 radical (unpaired) electrons. The molecular formula is C13H22N2O. The molecule has 90 valence electrons. The average Bonchev–Trinajstić information content (AvgIpc) is 2.28. The van der Waals surface area contributed by atoms with Crippen molar-refractivity contribution in [2.75, 3.05) is 6.54 Å². The summed E-state index contributed by atoms with van der Waals surface area (Å²) in [5.74, 6) is 0.833. The third-order valence-corrected chi connectivity index (χ3v) is 2.45. The molecule has 0 amide bonds. The third-order valence-electron chi connectivity index (χ3n) is 2.45. The molecule has 3 heteroatoms. The van der Waals surface area contributed by atoms with Gasteiger partial charge in [0.2, 0.25) is 0 Å². The molecule has 2 atom stereocenters. The van der Waals surface area contributed by atoms with Crippen LogP contribution in [0.3, 0.4) is 0 Å². The van der Waals surface area contributed by atoms with Gasteiger partial charge in [0.1, 0.15) is 11.9 Å². The lowest BCUT2D eigenvalue weighted by atomic mass is 10.2. The van der Waals surface area contributed by atoms with Crippen molar-refractivity contribution < 1.29 is 4.74 Å². The van der Waals surface area contributed by atoms with Crippen LogP contribution in [0, 0.1) is 0 Å². The van der Waals surface area contributed by atoms with Crippen LogP contribution < -0.4 is 10.1 Å². The topological polar surface area (TPSA) is 34.1 Å². The first-order valence-electron chi connectivity index (χ1n) is 6.02. The monoisotopic (exact) mass is 222 g/mol. The van der Waals surface area contributed by atoms with Crippen molar-refractivity contribution >= 4 is 0 Å². The van der Waals surface area contributed by atoms with Gasteiger partial charge >= 0.3 is 0 Å². The number of ether oxygens (including phenoxy) is 1. The van der Waals surface area contributed by atoms with Gasteiger partial charge < -0.3 is 10.1 Å². The van der Waals surface area contributed by atoms with Crippen molar-refractivity contribution in [1.82, 2.24) is 10.3 Å². The standard InChI is InChI=1S/C13H22N2O/c1-4-6-11(2)15-9-12(3)16-13-7-5-8-14-10-13/h5,7-8,10-12,15H,4,6,9H2,1-3H3. The number of rotatable bonds is 7. The fraction of sp³-hybridized carbons (Fsp3) is 0.615. The van der Waals surface area contributed by atoms with Crippen molar-refractivity contribution in [1.29, 1.82) is 0 Å². The van der Waals surface area contributed by atoms with E-state index in [1.165, 1.54) is 12.8 Å². The van der Waals surface area contributed by atoms with Gasteiger partial charge in [0.05, 0.1) is 6.20 Å². The van der Waals surface area contributed by atoms with E-state index < -0.39 is 0 Å². The van der Waals surface area contributed by atoms with Gasteiger partial charge in [-0.2, -0.15) is 0 Å². The van der Waals surface area contributed by atoms with Crippen LogP contribution >= 0.6 is 0 Å². The zero-order chi connectivity index (χ0) is 11.8. The van der Waals surface area contributed by atoms with Crippen molar-refractivity contribution in [3.8, 4) is 5.75 Å². The van der Waals surface area contributed by atoms with Crippen molar-refractivity contribution in [3.63, 3.8) is 0 Å². The molecule has 0 aromatic carbocycles. The van der Waals surface area contributed by atoms with Crippen LogP contribution in [0.2, 0.25) is 0 Å². The molecule has 1 aromatic heterocycles. The van der Waals surface area contributed by atoms with E-state index in [2.05, 4.69) is 31.1 Å². The minimum atomic E-state index is 0.170. The molecule has 0 fully saturated rings. The zero-order valence-electron chi connectivity index (χ0n) is 10.4. The van der Waals surface area contributed by atoms with Gasteiger partial charge in [-0.1, -0.05) is 13.3 Å². The summed E-state index contributed by atoms with van der Waals surface area (Å²) in [6.45, 7) is 7.35. The lowest BCUT2D eigenvalue weighted by Crippen LogP contribution is -2.34. The molecule has 0 aliphatic carbocycles. The maximum absolute atomic E-state index is 5.72. The van der Waals surface area contributed by atoms with Crippen molar-refractivity contribution in [2.45, 2.75) is 45.8 Å². The van der Waals surface area contributed by atoms with Crippen molar-refractivity contribution in [3.05, 3.63) is 24.5 Å². The van der Waals surface area contributed by atoms with Crippen LogP contribution in [0.1, 0.15) is 33.6 Å². The lowest BCUT2D eigenvalue weighted by molar-refractivity contribution is 0.210. The van der Waals surface area contributed by atoms with Gasteiger partial charge in [0, 0.05) is 18.8 Å². The number of nitrogens with zero attached hydrogens (tertiary/aromatic N) is 1. The van der Waals surface area contributed by atoms with Crippen LogP contribution in [-0.2, 0) is 0 Å². The third kappa shape index (κ3) is 5.12. The highest BCUT2D eigenvalue weighted by molar-refractivity contribution is 5.15. The molecule has 16 heavy (non-hydrogen) atoms. The molecule has 3 nitrogen and oxygen atoms in total. The first-order chi connectivity index (χ1) is 7.72. The maximum Gasteiger partial charge on any atom is 0.138 e. The molecule has 0 aliphatic heterocycles. The Hall–Kier alpha value is -1.09. The molecule has 0 bridgehead atoms. The van der Waals surface area contributed by atoms with Crippen LogP contribution in [-0.4, -0.2) is 23.7 Å². The minimum absolute atomic E-state index is 0.170. The molecule has 1 heterocycles. The second-order valence-electron chi connectivity index (χ2n) is 4.22. The average molecular weight is 222 g/mol. The van der Waals surface area contributed by atoms with E-state index >= 15 is 0 Å². The van der Waals surface area contributed by atoms with Gasteiger partial charge in [-0.25, -0.2) is 0 Å². The molecule has 0 spiro atoms. The van der Waals surface area contributed by atoms with E-state index in [9.17, 15) is 0 Å². The highest BCUT2D eigenvalue weighted by atomic mass is 16.5. The summed E-state index contributed by atoms with van der Waals surface area (Å²) in [6, 6.07) is 4.37. The van der Waals surface area contributed by atoms with Gasteiger partial charge in [-0.15, -0.1) is 0 Å². The Morgan fingerprint density at radius 2 is 2.25 bits per heavy atom.